The molecule has 0 bridgehead atoms. The fourth-order valence-electron chi connectivity index (χ4n) is 4.12. The van der Waals surface area contributed by atoms with Crippen LogP contribution in [0.5, 0.6) is 5.75 Å². The van der Waals surface area contributed by atoms with Gasteiger partial charge in [0.25, 0.3) is 0 Å². The van der Waals surface area contributed by atoms with Crippen molar-refractivity contribution in [3.05, 3.63) is 70.9 Å². The molecule has 0 aliphatic rings. The number of carboxylic acid groups (broad SMARTS) is 1. The van der Waals surface area contributed by atoms with E-state index in [2.05, 4.69) is 15.3 Å². The average molecular weight is 499 g/mol. The van der Waals surface area contributed by atoms with Crippen molar-refractivity contribution in [1.82, 2.24) is 14.5 Å². The Morgan fingerprint density at radius 3 is 2.58 bits per heavy atom. The van der Waals surface area contributed by atoms with E-state index >= 15 is 0 Å². The molecule has 0 amide bonds. The van der Waals surface area contributed by atoms with Crippen LogP contribution >= 0.6 is 0 Å². The molecule has 0 radical (unpaired) electrons. The minimum Gasteiger partial charge on any atom is -0.493 e. The molecular formula is C26H25F3N4O3. The lowest BCUT2D eigenvalue weighted by molar-refractivity contribution is 0.0687. The lowest BCUT2D eigenvalue weighted by Gasteiger charge is -2.13. The smallest absolute Gasteiger partial charge is 0.342 e. The molecule has 4 aromatic rings. The number of benzene rings is 2. The zero-order valence-corrected chi connectivity index (χ0v) is 20.0. The molecule has 2 N–H and O–H groups in total. The topological polar surface area (TPSA) is 89.3 Å². The van der Waals surface area contributed by atoms with E-state index in [4.69, 9.17) is 4.74 Å². The van der Waals surface area contributed by atoms with E-state index in [1.54, 1.807) is 17.6 Å². The lowest BCUT2D eigenvalue weighted by atomic mass is 10.1. The van der Waals surface area contributed by atoms with Crippen LogP contribution in [-0.2, 0) is 6.54 Å². The molecule has 0 saturated heterocycles. The maximum absolute atomic E-state index is 14.6. The molecule has 7 nitrogen and oxygen atoms in total. The van der Waals surface area contributed by atoms with E-state index in [0.29, 0.717) is 47.5 Å². The van der Waals surface area contributed by atoms with Crippen molar-refractivity contribution in [3.63, 3.8) is 0 Å². The van der Waals surface area contributed by atoms with Gasteiger partial charge in [0.1, 0.15) is 29.3 Å². The second-order valence-corrected chi connectivity index (χ2v) is 8.39. The molecule has 0 aliphatic carbocycles. The highest BCUT2D eigenvalue weighted by Gasteiger charge is 2.20. The van der Waals surface area contributed by atoms with Crippen molar-refractivity contribution in [2.45, 2.75) is 33.7 Å². The first-order valence-electron chi connectivity index (χ1n) is 11.4. The molecule has 36 heavy (non-hydrogen) atoms. The number of hydrogen-bond donors (Lipinski definition) is 2. The summed E-state index contributed by atoms with van der Waals surface area (Å²) in [7, 11) is 0. The highest BCUT2D eigenvalue weighted by atomic mass is 19.2. The minimum absolute atomic E-state index is 0.0769. The number of carbonyl (C=O) groups is 1. The van der Waals surface area contributed by atoms with Crippen molar-refractivity contribution >= 4 is 22.7 Å². The number of aromatic carboxylic acids is 1. The van der Waals surface area contributed by atoms with Crippen molar-refractivity contribution in [1.29, 1.82) is 0 Å². The van der Waals surface area contributed by atoms with Gasteiger partial charge in [-0.3, -0.25) is 0 Å². The van der Waals surface area contributed by atoms with Gasteiger partial charge in [0.05, 0.1) is 17.8 Å². The maximum atomic E-state index is 14.6. The molecule has 2 heterocycles. The van der Waals surface area contributed by atoms with Crippen LogP contribution in [0.3, 0.4) is 0 Å². The van der Waals surface area contributed by atoms with Crippen LogP contribution in [0.1, 0.15) is 35.0 Å². The number of anilines is 1. The van der Waals surface area contributed by atoms with Crippen molar-refractivity contribution in [3.8, 4) is 17.0 Å². The van der Waals surface area contributed by atoms with Crippen LogP contribution in [0.25, 0.3) is 22.2 Å². The SMILES string of the molecule is CCCOc1cc(-c2cc(NCCn3c(C)cc4c(C)cc(F)c(F)c43)ncn2)cc(F)c1C(=O)O. The summed E-state index contributed by atoms with van der Waals surface area (Å²) >= 11 is 0. The Morgan fingerprint density at radius 1 is 1.08 bits per heavy atom. The molecule has 0 atom stereocenters. The van der Waals surface area contributed by atoms with Crippen LogP contribution in [0.15, 0.2) is 36.7 Å². The molecule has 0 unspecified atom stereocenters. The number of hydrogen-bond acceptors (Lipinski definition) is 5. The first kappa shape index (κ1) is 25.0. The average Bonchev–Trinajstić information content (AvgIpc) is 3.17. The number of halogens is 3. The fourth-order valence-corrected chi connectivity index (χ4v) is 4.12. The van der Waals surface area contributed by atoms with Gasteiger partial charge in [0.15, 0.2) is 11.6 Å². The summed E-state index contributed by atoms with van der Waals surface area (Å²) in [5.74, 6) is -3.78. The predicted molar refractivity (Wildman–Crippen MR) is 130 cm³/mol. The molecular weight excluding hydrogens is 473 g/mol. The molecule has 2 aromatic carbocycles. The highest BCUT2D eigenvalue weighted by molar-refractivity contribution is 5.92. The van der Waals surface area contributed by atoms with E-state index in [1.807, 2.05) is 19.9 Å². The lowest BCUT2D eigenvalue weighted by Crippen LogP contribution is -2.13. The predicted octanol–water partition coefficient (Wildman–Crippen LogP) is 5.73. The molecule has 10 heteroatoms. The van der Waals surface area contributed by atoms with Gasteiger partial charge < -0.3 is 19.7 Å². The molecule has 0 aliphatic heterocycles. The van der Waals surface area contributed by atoms with E-state index in [1.165, 1.54) is 18.5 Å². The Kier molecular flexibility index (Phi) is 7.14. The molecule has 0 fully saturated rings. The zero-order chi connectivity index (χ0) is 26.0. The number of ether oxygens (including phenoxy) is 1. The summed E-state index contributed by atoms with van der Waals surface area (Å²) in [5, 5.41) is 13.1. The number of fused-ring (bicyclic) bond motifs is 1. The van der Waals surface area contributed by atoms with Gasteiger partial charge in [0, 0.05) is 35.8 Å². The van der Waals surface area contributed by atoms with Gasteiger partial charge in [-0.2, -0.15) is 0 Å². The van der Waals surface area contributed by atoms with Crippen molar-refractivity contribution in [2.24, 2.45) is 0 Å². The number of aromatic nitrogens is 3. The quantitative estimate of drug-likeness (QED) is 0.306. The van der Waals surface area contributed by atoms with Gasteiger partial charge in [-0.05, 0) is 50.1 Å². The monoisotopic (exact) mass is 498 g/mol. The number of carboxylic acids is 1. The van der Waals surface area contributed by atoms with E-state index in [9.17, 15) is 23.1 Å². The number of nitrogens with one attached hydrogen (secondary N) is 1. The standard InChI is InChI=1S/C26H25F3N4O3/c1-4-7-36-21-11-16(10-18(27)23(21)26(34)35)20-12-22(32-13-31-20)30-5-6-33-15(3)9-17-14(2)8-19(28)24(29)25(17)33/h8-13H,4-7H2,1-3H3,(H,34,35)(H,30,31,32). The van der Waals surface area contributed by atoms with Gasteiger partial charge in [-0.25, -0.2) is 27.9 Å². The third kappa shape index (κ3) is 4.84. The zero-order valence-electron chi connectivity index (χ0n) is 20.0. The number of aryl methyl sites for hydroxylation is 2. The summed E-state index contributed by atoms with van der Waals surface area (Å²) in [5.41, 5.74) is 1.81. The summed E-state index contributed by atoms with van der Waals surface area (Å²) in [4.78, 5) is 19.8. The van der Waals surface area contributed by atoms with E-state index in [-0.39, 0.29) is 17.9 Å². The Labute approximate surface area is 205 Å². The molecule has 2 aromatic heterocycles. The van der Waals surface area contributed by atoms with Crippen LogP contribution in [0, 0.1) is 31.3 Å². The van der Waals surface area contributed by atoms with Gasteiger partial charge >= 0.3 is 5.97 Å². The first-order valence-corrected chi connectivity index (χ1v) is 11.4. The second kappa shape index (κ2) is 10.3. The Bertz CT molecular complexity index is 1450. The van der Waals surface area contributed by atoms with E-state index < -0.39 is 29.0 Å². The third-order valence-electron chi connectivity index (χ3n) is 5.82. The first-order chi connectivity index (χ1) is 17.2. The largest absolute Gasteiger partial charge is 0.493 e. The molecule has 4 rings (SSSR count). The fraction of sp³-hybridized carbons (Fsp3) is 0.269. The maximum Gasteiger partial charge on any atom is 0.342 e. The van der Waals surface area contributed by atoms with Crippen LogP contribution in [0.2, 0.25) is 0 Å². The van der Waals surface area contributed by atoms with Crippen LogP contribution < -0.4 is 10.1 Å². The highest BCUT2D eigenvalue weighted by Crippen LogP contribution is 2.30. The summed E-state index contributed by atoms with van der Waals surface area (Å²) in [6, 6.07) is 7.12. The summed E-state index contributed by atoms with van der Waals surface area (Å²) in [6.07, 6.45) is 1.92. The summed E-state index contributed by atoms with van der Waals surface area (Å²) in [6.45, 7) is 6.33. The van der Waals surface area contributed by atoms with Gasteiger partial charge in [-0.1, -0.05) is 6.92 Å². The molecule has 0 saturated carbocycles. The van der Waals surface area contributed by atoms with Gasteiger partial charge in [-0.15, -0.1) is 0 Å². The van der Waals surface area contributed by atoms with Crippen LogP contribution in [-0.4, -0.2) is 38.8 Å². The Balaban J connectivity index is 1.57. The Morgan fingerprint density at radius 2 is 1.86 bits per heavy atom. The van der Waals surface area contributed by atoms with Crippen molar-refractivity contribution < 1.29 is 27.8 Å². The normalized spacial score (nSPS) is 11.2. The number of rotatable bonds is 9. The summed E-state index contributed by atoms with van der Waals surface area (Å²) < 4.78 is 50.3. The molecule has 188 valence electrons. The third-order valence-corrected chi connectivity index (χ3v) is 5.82. The van der Waals surface area contributed by atoms with Crippen LogP contribution in [0.4, 0.5) is 19.0 Å². The second-order valence-electron chi connectivity index (χ2n) is 8.39. The van der Waals surface area contributed by atoms with Gasteiger partial charge in [0.2, 0.25) is 0 Å². The molecule has 0 spiro atoms. The Hall–Kier alpha value is -4.08. The van der Waals surface area contributed by atoms with E-state index in [0.717, 1.165) is 11.8 Å². The van der Waals surface area contributed by atoms with Crippen molar-refractivity contribution in [2.75, 3.05) is 18.5 Å². The minimum atomic E-state index is -1.42. The number of nitrogens with zero attached hydrogens (tertiary/aromatic N) is 3.